The van der Waals surface area contributed by atoms with E-state index in [2.05, 4.69) is 25.4 Å². The molecule has 2 aromatic heterocycles. The average Bonchev–Trinajstić information content (AvgIpc) is 3.17. The number of H-pyrrole nitrogens is 1. The highest BCUT2D eigenvalue weighted by Crippen LogP contribution is 2.22. The van der Waals surface area contributed by atoms with Crippen LogP contribution < -0.4 is 5.32 Å². The summed E-state index contributed by atoms with van der Waals surface area (Å²) in [5, 5.41) is 16.7. The topological polar surface area (TPSA) is 99.9 Å². The fourth-order valence-electron chi connectivity index (χ4n) is 2.63. The Bertz CT molecular complexity index is 732. The van der Waals surface area contributed by atoms with Crippen LogP contribution in [0.2, 0.25) is 0 Å². The highest BCUT2D eigenvalue weighted by molar-refractivity contribution is 5.74. The molecule has 1 aliphatic heterocycles. The standard InChI is InChI=1S/C14H15N5O2/c20-8-5-11(15-7-8)14-18-13(19-21-14)6-12-16-9-3-1-2-4-10(9)17-12/h1-4,8,11,15,20H,5-7H2,(H,16,17)/t8-,11+/m0/s1. The van der Waals surface area contributed by atoms with Gasteiger partial charge < -0.3 is 19.9 Å². The molecule has 1 saturated heterocycles. The van der Waals surface area contributed by atoms with Crippen LogP contribution in [0.1, 0.15) is 30.0 Å². The third-order valence-electron chi connectivity index (χ3n) is 3.65. The van der Waals surface area contributed by atoms with Crippen LogP contribution in [0.5, 0.6) is 0 Å². The first kappa shape index (κ1) is 12.5. The quantitative estimate of drug-likeness (QED) is 0.662. The largest absolute Gasteiger partial charge is 0.392 e. The van der Waals surface area contributed by atoms with Crippen LogP contribution in [-0.2, 0) is 6.42 Å². The summed E-state index contributed by atoms with van der Waals surface area (Å²) in [6.45, 7) is 0.561. The zero-order valence-corrected chi connectivity index (χ0v) is 11.3. The summed E-state index contributed by atoms with van der Waals surface area (Å²) >= 11 is 0. The molecule has 3 heterocycles. The summed E-state index contributed by atoms with van der Waals surface area (Å²) in [4.78, 5) is 12.1. The molecule has 3 aromatic rings. The maximum Gasteiger partial charge on any atom is 0.243 e. The molecule has 108 valence electrons. The van der Waals surface area contributed by atoms with Gasteiger partial charge in [0.15, 0.2) is 5.82 Å². The lowest BCUT2D eigenvalue weighted by atomic mass is 10.2. The number of aromatic amines is 1. The Morgan fingerprint density at radius 1 is 1.29 bits per heavy atom. The smallest absolute Gasteiger partial charge is 0.243 e. The summed E-state index contributed by atoms with van der Waals surface area (Å²) in [6.07, 6.45) is 0.750. The van der Waals surface area contributed by atoms with E-state index in [1.165, 1.54) is 0 Å². The molecule has 2 atom stereocenters. The molecule has 7 heteroatoms. The molecule has 1 aromatic carbocycles. The number of para-hydroxylation sites is 2. The van der Waals surface area contributed by atoms with E-state index in [1.807, 2.05) is 24.3 Å². The summed E-state index contributed by atoms with van der Waals surface area (Å²) in [5.74, 6) is 1.92. The van der Waals surface area contributed by atoms with Gasteiger partial charge in [-0.1, -0.05) is 17.3 Å². The van der Waals surface area contributed by atoms with Crippen molar-refractivity contribution in [1.82, 2.24) is 25.4 Å². The van der Waals surface area contributed by atoms with Crippen LogP contribution >= 0.6 is 0 Å². The number of nitrogens with one attached hydrogen (secondary N) is 2. The summed E-state index contributed by atoms with van der Waals surface area (Å²) in [7, 11) is 0. The first-order valence-corrected chi connectivity index (χ1v) is 6.95. The van der Waals surface area contributed by atoms with E-state index in [0.29, 0.717) is 31.1 Å². The predicted molar refractivity (Wildman–Crippen MR) is 74.6 cm³/mol. The number of aliphatic hydroxyl groups excluding tert-OH is 1. The molecule has 1 aliphatic rings. The van der Waals surface area contributed by atoms with E-state index in [-0.39, 0.29) is 12.1 Å². The molecular weight excluding hydrogens is 270 g/mol. The van der Waals surface area contributed by atoms with Crippen LogP contribution in [0.15, 0.2) is 28.8 Å². The van der Waals surface area contributed by atoms with Gasteiger partial charge in [0.1, 0.15) is 5.82 Å². The predicted octanol–water partition coefficient (Wildman–Crippen LogP) is 0.932. The molecule has 0 radical (unpaired) electrons. The number of hydrogen-bond donors (Lipinski definition) is 3. The van der Waals surface area contributed by atoms with Gasteiger partial charge in [0, 0.05) is 6.54 Å². The molecule has 21 heavy (non-hydrogen) atoms. The van der Waals surface area contributed by atoms with Gasteiger partial charge in [-0.05, 0) is 18.6 Å². The van der Waals surface area contributed by atoms with Crippen molar-refractivity contribution in [3.8, 4) is 0 Å². The normalized spacial score (nSPS) is 22.1. The molecule has 3 N–H and O–H groups in total. The number of fused-ring (bicyclic) bond motifs is 1. The van der Waals surface area contributed by atoms with Crippen molar-refractivity contribution in [2.45, 2.75) is 25.0 Å². The van der Waals surface area contributed by atoms with Crippen molar-refractivity contribution in [3.05, 3.63) is 41.8 Å². The van der Waals surface area contributed by atoms with Crippen molar-refractivity contribution in [3.63, 3.8) is 0 Å². The van der Waals surface area contributed by atoms with Crippen molar-refractivity contribution < 1.29 is 9.63 Å². The van der Waals surface area contributed by atoms with Crippen molar-refractivity contribution in [2.24, 2.45) is 0 Å². The number of aromatic nitrogens is 4. The van der Waals surface area contributed by atoms with Gasteiger partial charge in [-0.15, -0.1) is 0 Å². The minimum absolute atomic E-state index is 0.0584. The van der Waals surface area contributed by atoms with Crippen molar-refractivity contribution in [2.75, 3.05) is 6.54 Å². The molecule has 0 amide bonds. The van der Waals surface area contributed by atoms with E-state index in [0.717, 1.165) is 16.9 Å². The number of imidazole rings is 1. The SMILES string of the molecule is O[C@@H]1CN[C@@H](c2nc(Cc3nc4ccccc4[nH]3)no2)C1. The van der Waals surface area contributed by atoms with Crippen molar-refractivity contribution in [1.29, 1.82) is 0 Å². The van der Waals surface area contributed by atoms with Crippen LogP contribution in [0.4, 0.5) is 0 Å². The van der Waals surface area contributed by atoms with Crippen LogP contribution in [0.3, 0.4) is 0 Å². The number of aliphatic hydroxyl groups is 1. The summed E-state index contributed by atoms with van der Waals surface area (Å²) < 4.78 is 5.27. The Kier molecular flexibility index (Phi) is 2.94. The number of nitrogens with zero attached hydrogens (tertiary/aromatic N) is 3. The van der Waals surface area contributed by atoms with Gasteiger partial charge >= 0.3 is 0 Å². The number of hydrogen-bond acceptors (Lipinski definition) is 6. The molecule has 0 spiro atoms. The van der Waals surface area contributed by atoms with Gasteiger partial charge in [-0.25, -0.2) is 4.98 Å². The molecule has 0 saturated carbocycles. The lowest BCUT2D eigenvalue weighted by molar-refractivity contribution is 0.191. The zero-order valence-electron chi connectivity index (χ0n) is 11.3. The Balaban J connectivity index is 1.53. The number of rotatable bonds is 3. The maximum absolute atomic E-state index is 9.52. The van der Waals surface area contributed by atoms with E-state index in [4.69, 9.17) is 4.52 Å². The molecule has 4 rings (SSSR count). The van der Waals surface area contributed by atoms with Gasteiger partial charge in [-0.2, -0.15) is 4.98 Å². The first-order chi connectivity index (χ1) is 10.3. The lowest BCUT2D eigenvalue weighted by Gasteiger charge is -2.01. The van der Waals surface area contributed by atoms with E-state index in [1.54, 1.807) is 0 Å². The van der Waals surface area contributed by atoms with Gasteiger partial charge in [-0.3, -0.25) is 0 Å². The average molecular weight is 285 g/mol. The minimum atomic E-state index is -0.347. The monoisotopic (exact) mass is 285 g/mol. The first-order valence-electron chi connectivity index (χ1n) is 6.95. The van der Waals surface area contributed by atoms with Crippen LogP contribution in [-0.4, -0.2) is 37.9 Å². The van der Waals surface area contributed by atoms with E-state index in [9.17, 15) is 5.11 Å². The third-order valence-corrected chi connectivity index (χ3v) is 3.65. The third kappa shape index (κ3) is 2.41. The minimum Gasteiger partial charge on any atom is -0.392 e. The van der Waals surface area contributed by atoms with Gasteiger partial charge in [0.05, 0.1) is 29.6 Å². The molecule has 7 nitrogen and oxygen atoms in total. The molecule has 0 unspecified atom stereocenters. The highest BCUT2D eigenvalue weighted by Gasteiger charge is 2.28. The maximum atomic E-state index is 9.52. The summed E-state index contributed by atoms with van der Waals surface area (Å²) in [6, 6.07) is 7.81. The van der Waals surface area contributed by atoms with Gasteiger partial charge in [0.2, 0.25) is 5.89 Å². The molecular formula is C14H15N5O2. The fourth-order valence-corrected chi connectivity index (χ4v) is 2.63. The molecule has 1 fully saturated rings. The van der Waals surface area contributed by atoms with Gasteiger partial charge in [0.25, 0.3) is 0 Å². The summed E-state index contributed by atoms with van der Waals surface area (Å²) in [5.41, 5.74) is 1.92. The Hall–Kier alpha value is -2.25. The molecule has 0 bridgehead atoms. The number of benzene rings is 1. The van der Waals surface area contributed by atoms with Crippen molar-refractivity contribution >= 4 is 11.0 Å². The fraction of sp³-hybridized carbons (Fsp3) is 0.357. The van der Waals surface area contributed by atoms with Crippen LogP contribution in [0.25, 0.3) is 11.0 Å². The highest BCUT2D eigenvalue weighted by atomic mass is 16.5. The number of β-amino-alcohol motifs (C(OH)–C–C–N with tert-alkyl or cyclic N) is 1. The molecule has 0 aliphatic carbocycles. The second kappa shape index (κ2) is 4.94. The zero-order chi connectivity index (χ0) is 14.2. The van der Waals surface area contributed by atoms with Crippen LogP contribution in [0, 0.1) is 0 Å². The second-order valence-corrected chi connectivity index (χ2v) is 5.28. The van der Waals surface area contributed by atoms with E-state index >= 15 is 0 Å². The Morgan fingerprint density at radius 2 is 2.19 bits per heavy atom. The Labute approximate surface area is 120 Å². The van der Waals surface area contributed by atoms with E-state index < -0.39 is 0 Å². The lowest BCUT2D eigenvalue weighted by Crippen LogP contribution is -2.15. The second-order valence-electron chi connectivity index (χ2n) is 5.28. The Morgan fingerprint density at radius 3 is 3.00 bits per heavy atom.